The lowest BCUT2D eigenvalue weighted by Crippen LogP contribution is -2.30. The molecule has 0 amide bonds. The van der Waals surface area contributed by atoms with Gasteiger partial charge in [-0.15, -0.1) is 0 Å². The smallest absolute Gasteiger partial charge is 0.229 e. The number of nitrogens with zero attached hydrogens (tertiary/aromatic N) is 4. The highest BCUT2D eigenvalue weighted by Gasteiger charge is 2.42. The molecule has 2 atom stereocenters. The number of ether oxygens (including phenoxy) is 1. The molecule has 4 heterocycles. The number of anilines is 2. The maximum Gasteiger partial charge on any atom is 0.229 e. The molecule has 37 heavy (non-hydrogen) atoms. The number of rotatable bonds is 8. The van der Waals surface area contributed by atoms with E-state index < -0.39 is 10.0 Å². The molecule has 1 aliphatic rings. The number of nitrogens with one attached hydrogen (secondary N) is 2. The molecule has 0 radical (unpaired) electrons. The second-order valence-corrected chi connectivity index (χ2v) is 10.8. The molecule has 0 unspecified atom stereocenters. The zero-order valence-electron chi connectivity index (χ0n) is 20.3. The molecule has 2 N–H and O–H groups in total. The molecule has 0 bridgehead atoms. The molecule has 5 rings (SSSR count). The van der Waals surface area contributed by atoms with Gasteiger partial charge in [-0.05, 0) is 66.8 Å². The van der Waals surface area contributed by atoms with Crippen LogP contribution in [0, 0.1) is 0 Å². The van der Waals surface area contributed by atoms with Gasteiger partial charge in [-0.2, -0.15) is 0 Å². The van der Waals surface area contributed by atoms with Crippen LogP contribution in [0.2, 0.25) is 0 Å². The van der Waals surface area contributed by atoms with Crippen LogP contribution in [-0.4, -0.2) is 41.4 Å². The molecule has 1 fully saturated rings. The Kier molecular flexibility index (Phi) is 6.81. The van der Waals surface area contributed by atoms with E-state index in [1.807, 2.05) is 59.6 Å². The molecule has 1 saturated heterocycles. The number of methoxy groups -OCH3 is 1. The quantitative estimate of drug-likeness (QED) is 0.329. The van der Waals surface area contributed by atoms with E-state index in [0.29, 0.717) is 28.8 Å². The molecule has 4 aromatic rings. The first kappa shape index (κ1) is 24.7. The first-order chi connectivity index (χ1) is 17.8. The lowest BCUT2D eigenvalue weighted by Gasteiger charge is -2.29. The standard InChI is InChI=1S/C26H26N6O3S2/c1-35-23-12-11-19(16-21(23)30-37(2,33)34)32-25(24(29-26(32)36)20-9-4-6-14-28-20)22-10-7-15-31(22)17-18-8-3-5-13-27-18/h3-16,24-25,30H,17H2,1-2H3,(H,29,36)/t24-,25-/m1/s1. The van der Waals surface area contributed by atoms with Crippen molar-refractivity contribution in [2.45, 2.75) is 18.6 Å². The van der Waals surface area contributed by atoms with Gasteiger partial charge < -0.3 is 19.5 Å². The van der Waals surface area contributed by atoms with Gasteiger partial charge in [-0.25, -0.2) is 8.42 Å². The van der Waals surface area contributed by atoms with Gasteiger partial charge in [-0.3, -0.25) is 14.7 Å². The van der Waals surface area contributed by atoms with E-state index in [4.69, 9.17) is 17.0 Å². The Hall–Kier alpha value is -3.96. The van der Waals surface area contributed by atoms with Crippen LogP contribution in [0.4, 0.5) is 11.4 Å². The van der Waals surface area contributed by atoms with Crippen LogP contribution in [0.3, 0.4) is 0 Å². The van der Waals surface area contributed by atoms with E-state index in [2.05, 4.69) is 30.6 Å². The predicted octanol–water partition coefficient (Wildman–Crippen LogP) is 3.88. The summed E-state index contributed by atoms with van der Waals surface area (Å²) < 4.78 is 34.2. The van der Waals surface area contributed by atoms with Gasteiger partial charge in [0.05, 0.1) is 43.0 Å². The van der Waals surface area contributed by atoms with Crippen LogP contribution in [0.5, 0.6) is 5.75 Å². The van der Waals surface area contributed by atoms with Gasteiger partial charge in [0.1, 0.15) is 11.8 Å². The molecule has 11 heteroatoms. The summed E-state index contributed by atoms with van der Waals surface area (Å²) in [6, 6.07) is 20.5. The number of hydrogen-bond acceptors (Lipinski definition) is 6. The first-order valence-electron chi connectivity index (χ1n) is 11.6. The minimum atomic E-state index is -3.53. The molecule has 0 saturated carbocycles. The third-order valence-corrected chi connectivity index (χ3v) is 6.99. The van der Waals surface area contributed by atoms with Crippen LogP contribution in [0.1, 0.15) is 29.2 Å². The number of sulfonamides is 1. The number of pyridine rings is 2. The van der Waals surface area contributed by atoms with Gasteiger partial charge in [-0.1, -0.05) is 12.1 Å². The van der Waals surface area contributed by atoms with E-state index in [9.17, 15) is 8.42 Å². The topological polar surface area (TPSA) is 101 Å². The summed E-state index contributed by atoms with van der Waals surface area (Å²) in [6.45, 7) is 0.582. The number of thiocarbonyl (C=S) groups is 1. The predicted molar refractivity (Wildman–Crippen MR) is 147 cm³/mol. The summed E-state index contributed by atoms with van der Waals surface area (Å²) in [5.74, 6) is 0.406. The van der Waals surface area contributed by atoms with Crippen molar-refractivity contribution < 1.29 is 13.2 Å². The van der Waals surface area contributed by atoms with Crippen LogP contribution >= 0.6 is 12.2 Å². The fourth-order valence-corrected chi connectivity index (χ4v) is 5.47. The van der Waals surface area contributed by atoms with Crippen LogP contribution in [0.25, 0.3) is 0 Å². The van der Waals surface area contributed by atoms with E-state index in [1.54, 1.807) is 24.5 Å². The van der Waals surface area contributed by atoms with Gasteiger partial charge in [0.25, 0.3) is 0 Å². The molecule has 3 aromatic heterocycles. The minimum absolute atomic E-state index is 0.250. The molecule has 190 valence electrons. The van der Waals surface area contributed by atoms with E-state index in [1.165, 1.54) is 7.11 Å². The normalized spacial score (nSPS) is 17.5. The third kappa shape index (κ3) is 5.27. The maximum atomic E-state index is 12.0. The average molecular weight is 535 g/mol. The van der Waals surface area contributed by atoms with Gasteiger partial charge in [0.2, 0.25) is 10.0 Å². The summed E-state index contributed by atoms with van der Waals surface area (Å²) in [4.78, 5) is 11.1. The molecule has 9 nitrogen and oxygen atoms in total. The fraction of sp³-hybridized carbons (Fsp3) is 0.192. The Labute approximate surface area is 221 Å². The minimum Gasteiger partial charge on any atom is -0.495 e. The summed E-state index contributed by atoms with van der Waals surface area (Å²) >= 11 is 5.83. The van der Waals surface area contributed by atoms with E-state index in [0.717, 1.165) is 23.3 Å². The molecule has 1 aromatic carbocycles. The second-order valence-electron chi connectivity index (χ2n) is 8.64. The number of benzene rings is 1. The third-order valence-electron chi connectivity index (χ3n) is 6.08. The highest BCUT2D eigenvalue weighted by molar-refractivity contribution is 7.92. The lowest BCUT2D eigenvalue weighted by atomic mass is 10.0. The lowest BCUT2D eigenvalue weighted by molar-refractivity contribution is 0.417. The van der Waals surface area contributed by atoms with Crippen LogP contribution < -0.4 is 19.7 Å². The number of aromatic nitrogens is 3. The summed E-state index contributed by atoms with van der Waals surface area (Å²) in [7, 11) is -2.04. The highest BCUT2D eigenvalue weighted by atomic mass is 32.2. The molecule has 0 spiro atoms. The maximum absolute atomic E-state index is 12.0. The van der Waals surface area contributed by atoms with Crippen molar-refractivity contribution >= 4 is 38.7 Å². The SMILES string of the molecule is COc1ccc(N2C(=S)N[C@H](c3ccccn3)[C@H]2c2cccn2Cc2ccccn2)cc1NS(C)(=O)=O. The van der Waals surface area contributed by atoms with E-state index in [-0.39, 0.29) is 12.1 Å². The Bertz CT molecular complexity index is 1510. The van der Waals surface area contributed by atoms with Crippen molar-refractivity contribution in [1.29, 1.82) is 0 Å². The molecule has 1 aliphatic heterocycles. The molecule has 0 aliphatic carbocycles. The van der Waals surface area contributed by atoms with Crippen molar-refractivity contribution in [3.63, 3.8) is 0 Å². The fourth-order valence-electron chi connectivity index (χ4n) is 4.56. The Balaban J connectivity index is 1.62. The Morgan fingerprint density at radius 1 is 1.05 bits per heavy atom. The second kappa shape index (κ2) is 10.2. The Morgan fingerprint density at radius 3 is 2.51 bits per heavy atom. The van der Waals surface area contributed by atoms with Gasteiger partial charge >= 0.3 is 0 Å². The van der Waals surface area contributed by atoms with Crippen molar-refractivity contribution in [2.24, 2.45) is 0 Å². The summed E-state index contributed by atoms with van der Waals surface area (Å²) in [5.41, 5.74) is 3.80. The monoisotopic (exact) mass is 534 g/mol. The zero-order chi connectivity index (χ0) is 26.0. The van der Waals surface area contributed by atoms with Crippen molar-refractivity contribution in [2.75, 3.05) is 23.0 Å². The highest BCUT2D eigenvalue weighted by Crippen LogP contribution is 2.43. The zero-order valence-corrected chi connectivity index (χ0v) is 21.9. The Morgan fingerprint density at radius 2 is 1.84 bits per heavy atom. The molecular weight excluding hydrogens is 508 g/mol. The average Bonchev–Trinajstić information content (AvgIpc) is 3.47. The van der Waals surface area contributed by atoms with Crippen molar-refractivity contribution in [3.05, 3.63) is 102 Å². The van der Waals surface area contributed by atoms with Crippen molar-refractivity contribution in [1.82, 2.24) is 19.9 Å². The van der Waals surface area contributed by atoms with Gasteiger partial charge in [0, 0.05) is 30.0 Å². The largest absolute Gasteiger partial charge is 0.495 e. The van der Waals surface area contributed by atoms with E-state index >= 15 is 0 Å². The van der Waals surface area contributed by atoms with Crippen molar-refractivity contribution in [3.8, 4) is 5.75 Å². The first-order valence-corrected chi connectivity index (χ1v) is 13.9. The van der Waals surface area contributed by atoms with Gasteiger partial charge in [0.15, 0.2) is 5.11 Å². The summed E-state index contributed by atoms with van der Waals surface area (Å²) in [5, 5.41) is 3.94. The van der Waals surface area contributed by atoms with Crippen LogP contribution in [0.15, 0.2) is 85.3 Å². The summed E-state index contributed by atoms with van der Waals surface area (Å²) in [6.07, 6.45) is 6.66. The number of hydrogen-bond donors (Lipinski definition) is 2. The van der Waals surface area contributed by atoms with Crippen LogP contribution in [-0.2, 0) is 16.6 Å². The molecular formula is C26H26N6O3S2.